The molecular formula is C12H12F3NO4. The predicted octanol–water partition coefficient (Wildman–Crippen LogP) is 1.85. The van der Waals surface area contributed by atoms with Crippen molar-refractivity contribution >= 4 is 11.9 Å². The maximum Gasteiger partial charge on any atom is 0.416 e. The van der Waals surface area contributed by atoms with Crippen LogP contribution in [0.1, 0.15) is 17.2 Å². The van der Waals surface area contributed by atoms with E-state index in [0.717, 1.165) is 30.1 Å². The molecule has 0 aromatic heterocycles. The Morgan fingerprint density at radius 2 is 1.80 bits per heavy atom. The SMILES string of the molecule is CN(CC(=O)O)C(C(=O)O)c1ccccc1C(F)(F)F. The number of carbonyl (C=O) groups is 2. The summed E-state index contributed by atoms with van der Waals surface area (Å²) in [6.07, 6.45) is -4.71. The van der Waals surface area contributed by atoms with Crippen LogP contribution in [0.25, 0.3) is 0 Å². The van der Waals surface area contributed by atoms with E-state index < -0.39 is 41.8 Å². The first-order valence-corrected chi connectivity index (χ1v) is 5.45. The maximum atomic E-state index is 12.9. The molecule has 0 aliphatic heterocycles. The van der Waals surface area contributed by atoms with Gasteiger partial charge in [0, 0.05) is 0 Å². The fourth-order valence-electron chi connectivity index (χ4n) is 1.86. The van der Waals surface area contributed by atoms with Gasteiger partial charge in [-0.25, -0.2) is 0 Å². The smallest absolute Gasteiger partial charge is 0.416 e. The highest BCUT2D eigenvalue weighted by molar-refractivity contribution is 5.77. The van der Waals surface area contributed by atoms with Crippen molar-refractivity contribution < 1.29 is 33.0 Å². The summed E-state index contributed by atoms with van der Waals surface area (Å²) in [4.78, 5) is 22.6. The van der Waals surface area contributed by atoms with Gasteiger partial charge >= 0.3 is 18.1 Å². The number of alkyl halides is 3. The third-order valence-electron chi connectivity index (χ3n) is 2.62. The molecule has 0 saturated carbocycles. The van der Waals surface area contributed by atoms with Gasteiger partial charge in [-0.1, -0.05) is 18.2 Å². The van der Waals surface area contributed by atoms with Gasteiger partial charge in [-0.3, -0.25) is 14.5 Å². The number of carboxylic acid groups (broad SMARTS) is 2. The number of hydrogen-bond acceptors (Lipinski definition) is 3. The summed E-state index contributed by atoms with van der Waals surface area (Å²) < 4.78 is 38.6. The molecular weight excluding hydrogens is 279 g/mol. The zero-order valence-electron chi connectivity index (χ0n) is 10.4. The van der Waals surface area contributed by atoms with Crippen LogP contribution in [-0.4, -0.2) is 40.6 Å². The molecule has 5 nitrogen and oxygen atoms in total. The van der Waals surface area contributed by atoms with Gasteiger partial charge in [0.25, 0.3) is 0 Å². The summed E-state index contributed by atoms with van der Waals surface area (Å²) >= 11 is 0. The lowest BCUT2D eigenvalue weighted by Crippen LogP contribution is -2.36. The Hall–Kier alpha value is -2.09. The van der Waals surface area contributed by atoms with Crippen LogP contribution in [0.15, 0.2) is 24.3 Å². The zero-order chi connectivity index (χ0) is 15.5. The molecule has 1 aromatic carbocycles. The number of nitrogens with zero attached hydrogens (tertiary/aromatic N) is 1. The molecule has 0 bridgehead atoms. The van der Waals surface area contributed by atoms with Crippen molar-refractivity contribution in [2.75, 3.05) is 13.6 Å². The third kappa shape index (κ3) is 3.70. The predicted molar refractivity (Wildman–Crippen MR) is 62.1 cm³/mol. The molecule has 1 aromatic rings. The van der Waals surface area contributed by atoms with Crippen LogP contribution >= 0.6 is 0 Å². The molecule has 0 radical (unpaired) electrons. The van der Waals surface area contributed by atoms with Crippen LogP contribution in [0.5, 0.6) is 0 Å². The van der Waals surface area contributed by atoms with E-state index in [1.807, 2.05) is 0 Å². The first kappa shape index (κ1) is 16.0. The average Bonchev–Trinajstić information content (AvgIpc) is 2.26. The van der Waals surface area contributed by atoms with Crippen molar-refractivity contribution in [3.63, 3.8) is 0 Å². The first-order valence-electron chi connectivity index (χ1n) is 5.45. The Kier molecular flexibility index (Phi) is 4.72. The van der Waals surface area contributed by atoms with Crippen LogP contribution in [0.3, 0.4) is 0 Å². The van der Waals surface area contributed by atoms with E-state index >= 15 is 0 Å². The summed E-state index contributed by atoms with van der Waals surface area (Å²) in [5.74, 6) is -2.88. The lowest BCUT2D eigenvalue weighted by atomic mass is 9.99. The van der Waals surface area contributed by atoms with E-state index in [2.05, 4.69) is 0 Å². The summed E-state index contributed by atoms with van der Waals surface area (Å²) in [5, 5.41) is 17.7. The van der Waals surface area contributed by atoms with E-state index in [1.165, 1.54) is 6.07 Å². The van der Waals surface area contributed by atoms with Gasteiger partial charge in [0.15, 0.2) is 0 Å². The van der Waals surface area contributed by atoms with Gasteiger partial charge < -0.3 is 10.2 Å². The highest BCUT2D eigenvalue weighted by Crippen LogP contribution is 2.36. The fourth-order valence-corrected chi connectivity index (χ4v) is 1.86. The van der Waals surface area contributed by atoms with Gasteiger partial charge in [-0.2, -0.15) is 13.2 Å². The zero-order valence-corrected chi connectivity index (χ0v) is 10.4. The van der Waals surface area contributed by atoms with Crippen molar-refractivity contribution in [3.05, 3.63) is 35.4 Å². The minimum Gasteiger partial charge on any atom is -0.480 e. The average molecular weight is 291 g/mol. The molecule has 1 rings (SSSR count). The molecule has 0 fully saturated rings. The minimum absolute atomic E-state index is 0.490. The van der Waals surface area contributed by atoms with Crippen LogP contribution < -0.4 is 0 Å². The number of likely N-dealkylation sites (N-methyl/N-ethyl adjacent to an activating group) is 1. The van der Waals surface area contributed by atoms with E-state index in [-0.39, 0.29) is 0 Å². The standard InChI is InChI=1S/C12H12F3NO4/c1-16(6-9(17)18)10(11(19)20)7-4-2-3-5-8(7)12(13,14)15/h2-5,10H,6H2,1H3,(H,17,18)(H,19,20). The summed E-state index contributed by atoms with van der Waals surface area (Å²) in [5.41, 5.74) is -1.58. The quantitative estimate of drug-likeness (QED) is 0.865. The van der Waals surface area contributed by atoms with Crippen molar-refractivity contribution in [2.24, 2.45) is 0 Å². The normalized spacial score (nSPS) is 13.2. The molecule has 0 amide bonds. The Labute approximate surface area is 112 Å². The lowest BCUT2D eigenvalue weighted by molar-refractivity contribution is -0.147. The first-order chi connectivity index (χ1) is 9.14. The highest BCUT2D eigenvalue weighted by Gasteiger charge is 2.38. The molecule has 8 heteroatoms. The van der Waals surface area contributed by atoms with Crippen LogP contribution in [0, 0.1) is 0 Å². The maximum absolute atomic E-state index is 12.9. The van der Waals surface area contributed by atoms with Crippen LogP contribution in [-0.2, 0) is 15.8 Å². The Bertz CT molecular complexity index is 516. The fraction of sp³-hybridized carbons (Fsp3) is 0.333. The Balaban J connectivity index is 3.30. The Morgan fingerprint density at radius 3 is 2.25 bits per heavy atom. The molecule has 1 atom stereocenters. The minimum atomic E-state index is -4.71. The van der Waals surface area contributed by atoms with Gasteiger partial charge in [0.1, 0.15) is 6.04 Å². The van der Waals surface area contributed by atoms with Gasteiger partial charge in [-0.05, 0) is 18.7 Å². The molecule has 2 N–H and O–H groups in total. The second-order valence-electron chi connectivity index (χ2n) is 4.13. The van der Waals surface area contributed by atoms with E-state index in [0.29, 0.717) is 0 Å². The Morgan fingerprint density at radius 1 is 1.25 bits per heavy atom. The van der Waals surface area contributed by atoms with Crippen molar-refractivity contribution in [1.82, 2.24) is 4.90 Å². The highest BCUT2D eigenvalue weighted by atomic mass is 19.4. The number of hydrogen-bond donors (Lipinski definition) is 2. The molecule has 0 saturated heterocycles. The van der Waals surface area contributed by atoms with Gasteiger partial charge in [0.05, 0.1) is 12.1 Å². The molecule has 20 heavy (non-hydrogen) atoms. The van der Waals surface area contributed by atoms with E-state index in [9.17, 15) is 22.8 Å². The number of halogens is 3. The molecule has 0 heterocycles. The monoisotopic (exact) mass is 291 g/mol. The van der Waals surface area contributed by atoms with Gasteiger partial charge in [-0.15, -0.1) is 0 Å². The summed E-state index contributed by atoms with van der Waals surface area (Å²) in [7, 11) is 1.14. The third-order valence-corrected chi connectivity index (χ3v) is 2.62. The molecule has 1 unspecified atom stereocenters. The van der Waals surface area contributed by atoms with E-state index in [4.69, 9.17) is 10.2 Å². The molecule has 0 aliphatic carbocycles. The summed E-state index contributed by atoms with van der Waals surface area (Å²) in [6.45, 7) is -0.691. The number of carboxylic acids is 2. The van der Waals surface area contributed by atoms with Crippen molar-refractivity contribution in [1.29, 1.82) is 0 Å². The van der Waals surface area contributed by atoms with Crippen molar-refractivity contribution in [3.8, 4) is 0 Å². The molecule has 0 spiro atoms. The number of benzene rings is 1. The molecule has 110 valence electrons. The molecule has 0 aliphatic rings. The number of aliphatic carboxylic acids is 2. The topological polar surface area (TPSA) is 77.8 Å². The van der Waals surface area contributed by atoms with Crippen molar-refractivity contribution in [2.45, 2.75) is 12.2 Å². The largest absolute Gasteiger partial charge is 0.480 e. The van der Waals surface area contributed by atoms with Crippen LogP contribution in [0.2, 0.25) is 0 Å². The summed E-state index contributed by atoms with van der Waals surface area (Å²) in [6, 6.07) is 2.51. The second kappa shape index (κ2) is 5.91. The van der Waals surface area contributed by atoms with Crippen LogP contribution in [0.4, 0.5) is 13.2 Å². The van der Waals surface area contributed by atoms with Gasteiger partial charge in [0.2, 0.25) is 0 Å². The van der Waals surface area contributed by atoms with E-state index in [1.54, 1.807) is 0 Å². The lowest BCUT2D eigenvalue weighted by Gasteiger charge is -2.25. The second-order valence-corrected chi connectivity index (χ2v) is 4.13. The number of rotatable bonds is 5.